The first-order chi connectivity index (χ1) is 48.6. The van der Waals surface area contributed by atoms with Crippen molar-refractivity contribution in [3.63, 3.8) is 0 Å². The van der Waals surface area contributed by atoms with Crippen molar-refractivity contribution in [2.24, 2.45) is 29.6 Å². The van der Waals surface area contributed by atoms with Crippen LogP contribution < -0.4 is 16.0 Å². The third-order valence-electron chi connectivity index (χ3n) is 23.0. The minimum Gasteiger partial charge on any atom is -0.377 e. The molecular weight excluding hydrogens is 1370 g/mol. The van der Waals surface area contributed by atoms with E-state index in [1.807, 2.05) is 13.0 Å². The van der Waals surface area contributed by atoms with Crippen molar-refractivity contribution < 1.29 is 84.2 Å². The molecule has 31 heteroatoms. The molecule has 1 spiro atoms. The predicted octanol–water partition coefficient (Wildman–Crippen LogP) is 4.88. The molecule has 2 unspecified atom stereocenters. The Balaban J connectivity index is 1.31. The lowest BCUT2D eigenvalue weighted by molar-refractivity contribution is -0.219. The zero-order chi connectivity index (χ0) is 76.1. The number of alkyl halides is 5. The van der Waals surface area contributed by atoms with Gasteiger partial charge in [0.1, 0.15) is 72.1 Å². The zero-order valence-corrected chi connectivity index (χ0v) is 63.1. The minimum atomic E-state index is -5.17. The molecule has 4 aliphatic carbocycles. The van der Waals surface area contributed by atoms with Gasteiger partial charge < -0.3 is 64.8 Å². The highest BCUT2D eigenvalue weighted by molar-refractivity contribution is 7.98. The maximum absolute atomic E-state index is 15.5. The Morgan fingerprint density at radius 2 is 1.31 bits per heavy atom. The van der Waals surface area contributed by atoms with Crippen LogP contribution in [0.15, 0.2) is 12.2 Å². The number of ether oxygens (including phenoxy) is 1. The summed E-state index contributed by atoms with van der Waals surface area (Å²) in [6.45, 7) is 3.90. The van der Waals surface area contributed by atoms with Crippen LogP contribution in [0.4, 0.5) is 22.0 Å². The standard InChI is InChI=1S/C72H113F5N12O13S/c1-13-43(3)60-68(99)83(7)41-58(92)84(8)51-28-19-16-22-33-88(67(51)98)54(36-44-24-17-15-18-25-44)66(97)82(6)40-56(90)78-50(30-29-45-34-48(73)59(49(74)35-45)72(75,76)77)64(95)89-39-47(102-14-2)37-52(89)63(94)80-71(31-23-32-71)70(101)87(11)61(46-26-20-21-27-46)69(100)86(10)53(65(96)81(4)5)38-57(91)85(9)55(42-103-12)62(93)79-60/h16,19,43-55,59-61H,13-15,17-18,20-42H2,1-12H3,(H,78,90)(H,79,93)(H,80,94)/b19-16-/t43-,45?,47+,48?,49?,50-,51-,52-,53-,54-,55-,59?,60-,61-/m0/s1. The molecule has 25 nitrogen and oxygen atoms in total. The first-order valence-electron chi connectivity index (χ1n) is 37.0. The molecule has 7 aliphatic rings. The van der Waals surface area contributed by atoms with Gasteiger partial charge in [-0.1, -0.05) is 77.4 Å². The second-order valence-corrected chi connectivity index (χ2v) is 31.1. The zero-order valence-electron chi connectivity index (χ0n) is 62.3. The number of halogens is 5. The van der Waals surface area contributed by atoms with Crippen molar-refractivity contribution in [1.82, 2.24) is 60.0 Å². The molecular formula is C72H113F5N12O13S. The average molecular weight is 1480 g/mol. The van der Waals surface area contributed by atoms with Gasteiger partial charge in [0, 0.05) is 88.3 Å². The summed E-state index contributed by atoms with van der Waals surface area (Å²) in [4.78, 5) is 191. The number of thioether (sulfide) groups is 1. The first-order valence-corrected chi connectivity index (χ1v) is 38.4. The molecule has 4 saturated carbocycles. The molecule has 3 aliphatic heterocycles. The predicted molar refractivity (Wildman–Crippen MR) is 375 cm³/mol. The average Bonchev–Trinajstić information content (AvgIpc) is 1.72. The molecule has 0 aromatic rings. The van der Waals surface area contributed by atoms with Crippen molar-refractivity contribution in [3.05, 3.63) is 12.2 Å². The normalized spacial score (nSPS) is 31.5. The Kier molecular flexibility index (Phi) is 30.1. The molecule has 7 rings (SSSR count). The van der Waals surface area contributed by atoms with Crippen molar-refractivity contribution in [2.75, 3.05) is 101 Å². The summed E-state index contributed by atoms with van der Waals surface area (Å²) in [5.74, 6) is -13.4. The van der Waals surface area contributed by atoms with Crippen molar-refractivity contribution >= 4 is 82.6 Å². The molecule has 6 fully saturated rings. The van der Waals surface area contributed by atoms with E-state index in [1.165, 1.54) is 97.5 Å². The molecule has 12 amide bonds. The Morgan fingerprint density at radius 1 is 0.680 bits per heavy atom. The third-order valence-corrected chi connectivity index (χ3v) is 23.6. The topological polar surface area (TPSA) is 279 Å². The molecule has 12 atom stereocenters. The van der Waals surface area contributed by atoms with E-state index in [1.54, 1.807) is 26.2 Å². The van der Waals surface area contributed by atoms with Crippen molar-refractivity contribution in [2.45, 2.75) is 241 Å². The fraction of sp³-hybridized carbons (Fsp3) is 0.806. The van der Waals surface area contributed by atoms with E-state index in [9.17, 15) is 41.9 Å². The second kappa shape index (κ2) is 37.0. The number of nitrogens with zero attached hydrogens (tertiary/aromatic N) is 9. The number of carbonyl (C=O) groups is 12. The van der Waals surface area contributed by atoms with Crippen LogP contribution >= 0.6 is 11.8 Å². The number of hydrogen-bond donors (Lipinski definition) is 3. The Morgan fingerprint density at radius 3 is 1.89 bits per heavy atom. The summed E-state index contributed by atoms with van der Waals surface area (Å²) < 4.78 is 78.7. The largest absolute Gasteiger partial charge is 0.397 e. The Bertz CT molecular complexity index is 3050. The molecule has 0 aromatic carbocycles. The van der Waals surface area contributed by atoms with Gasteiger partial charge in [0.25, 0.3) is 0 Å². The van der Waals surface area contributed by atoms with Crippen molar-refractivity contribution in [1.29, 1.82) is 0 Å². The molecule has 2 bridgehead atoms. The van der Waals surface area contributed by atoms with Gasteiger partial charge in [-0.3, -0.25) is 57.5 Å². The van der Waals surface area contributed by atoms with Gasteiger partial charge in [0.15, 0.2) is 0 Å². The lowest BCUT2D eigenvalue weighted by atomic mass is 9.74. The van der Waals surface area contributed by atoms with Crippen LogP contribution in [0.3, 0.4) is 0 Å². The third kappa shape index (κ3) is 20.3. The Hall–Kier alpha value is -6.66. The molecule has 0 aromatic heterocycles. The van der Waals surface area contributed by atoms with Crippen LogP contribution in [0.5, 0.6) is 0 Å². The van der Waals surface area contributed by atoms with Gasteiger partial charge in [0.05, 0.1) is 25.6 Å². The van der Waals surface area contributed by atoms with Gasteiger partial charge in [0.2, 0.25) is 70.9 Å². The lowest BCUT2D eigenvalue weighted by Gasteiger charge is -2.46. The molecule has 3 N–H and O–H groups in total. The van der Waals surface area contributed by atoms with Crippen LogP contribution in [0.25, 0.3) is 0 Å². The first kappa shape index (κ1) is 83.6. The number of fused-ring (bicyclic) bond motifs is 3. The van der Waals surface area contributed by atoms with Gasteiger partial charge in [-0.2, -0.15) is 24.9 Å². The number of nitrogens with one attached hydrogen (secondary N) is 3. The summed E-state index contributed by atoms with van der Waals surface area (Å²) in [7, 11) is 11.3. The van der Waals surface area contributed by atoms with E-state index in [2.05, 4.69) is 16.0 Å². The van der Waals surface area contributed by atoms with Gasteiger partial charge in [-0.15, -0.1) is 0 Å². The summed E-state index contributed by atoms with van der Waals surface area (Å²) in [6, 6.07) is -10.6. The summed E-state index contributed by atoms with van der Waals surface area (Å²) in [5, 5.41) is 8.54. The molecule has 103 heavy (non-hydrogen) atoms. The smallest absolute Gasteiger partial charge is 0.377 e. The fourth-order valence-corrected chi connectivity index (χ4v) is 17.0. The van der Waals surface area contributed by atoms with E-state index in [0.717, 1.165) is 46.8 Å². The van der Waals surface area contributed by atoms with Gasteiger partial charge in [-0.05, 0) is 114 Å². The van der Waals surface area contributed by atoms with Crippen molar-refractivity contribution in [3.8, 4) is 0 Å². The van der Waals surface area contributed by atoms with Crippen LogP contribution in [-0.2, 0) is 62.3 Å². The maximum Gasteiger partial charge on any atom is 0.397 e. The molecule has 580 valence electrons. The lowest BCUT2D eigenvalue weighted by Crippen LogP contribution is -2.68. The van der Waals surface area contributed by atoms with Gasteiger partial charge >= 0.3 is 6.18 Å². The quantitative estimate of drug-likeness (QED) is 0.164. The van der Waals surface area contributed by atoms with E-state index in [4.69, 9.17) is 4.74 Å². The second-order valence-electron chi connectivity index (χ2n) is 30.2. The number of carbonyl (C=O) groups excluding carboxylic acids is 12. The summed E-state index contributed by atoms with van der Waals surface area (Å²) in [5.41, 5.74) is -1.64. The number of rotatable bonds is 13. The highest BCUT2D eigenvalue weighted by Crippen LogP contribution is 2.45. The fourth-order valence-electron chi connectivity index (χ4n) is 16.3. The number of likely N-dealkylation sites (N-methyl/N-ethyl adjacent to an activating group) is 7. The van der Waals surface area contributed by atoms with Crippen LogP contribution in [-0.4, -0.2) is 295 Å². The molecule has 2 saturated heterocycles. The minimum absolute atomic E-state index is 0.0163. The van der Waals surface area contributed by atoms with Crippen LogP contribution in [0.1, 0.15) is 162 Å². The molecule has 3 heterocycles. The van der Waals surface area contributed by atoms with Gasteiger partial charge in [-0.25, -0.2) is 8.78 Å². The SMILES string of the molecule is CCO[C@@H]1C[C@H]2C(=O)NC3(CCC3)C(=O)N(C)[C@@H](C3CCCC3)C(=O)N(C)[C@H](C(=O)N(C)C)CC(=O)N(C)[C@@H](CSC)C(=O)N[C@@H]([C@@H](C)CC)C(=O)N(C)CC(=O)N(C)[C@H]3C/C=C\CCN(C3=O)[C@@H](CC3CCCCC3)C(=O)N(C)CC(=O)N[C@@H](CCC3CC(F)C(C(F)(F)F)C(F)C3)C(=O)N2C1. The van der Waals surface area contributed by atoms with E-state index < -0.39 is 205 Å². The highest BCUT2D eigenvalue weighted by Gasteiger charge is 2.56. The number of amides is 12. The van der Waals surface area contributed by atoms with E-state index >= 15 is 37.5 Å². The van der Waals surface area contributed by atoms with E-state index in [0.29, 0.717) is 44.9 Å². The Labute approximate surface area is 607 Å². The summed E-state index contributed by atoms with van der Waals surface area (Å²) >= 11 is 1.24. The van der Waals surface area contributed by atoms with Crippen LogP contribution in [0, 0.1) is 29.6 Å². The highest BCUT2D eigenvalue weighted by atomic mass is 32.2. The van der Waals surface area contributed by atoms with Crippen LogP contribution in [0.2, 0.25) is 0 Å². The number of hydrogen-bond acceptors (Lipinski definition) is 14. The monoisotopic (exact) mass is 1480 g/mol. The maximum atomic E-state index is 15.5. The molecule has 0 radical (unpaired) electrons. The summed E-state index contributed by atoms with van der Waals surface area (Å²) in [6.07, 6.45) is -0.533. The van der Waals surface area contributed by atoms with E-state index in [-0.39, 0.29) is 76.3 Å².